The van der Waals surface area contributed by atoms with E-state index in [9.17, 15) is 0 Å². The van der Waals surface area contributed by atoms with Crippen molar-refractivity contribution in [1.29, 1.82) is 0 Å². The summed E-state index contributed by atoms with van der Waals surface area (Å²) in [6, 6.07) is 13.9. The number of hydrogen-bond acceptors (Lipinski definition) is 1. The topological polar surface area (TPSA) is 17.3 Å². The summed E-state index contributed by atoms with van der Waals surface area (Å²) in [5, 5.41) is 1.15. The van der Waals surface area contributed by atoms with Crippen LogP contribution in [0.2, 0.25) is 10.0 Å². The fourth-order valence-electron chi connectivity index (χ4n) is 2.81. The van der Waals surface area contributed by atoms with Crippen molar-refractivity contribution >= 4 is 57.7 Å². The van der Waals surface area contributed by atoms with E-state index >= 15 is 0 Å². The van der Waals surface area contributed by atoms with Crippen LogP contribution in [0.3, 0.4) is 0 Å². The highest BCUT2D eigenvalue weighted by atomic mass is 127. The highest BCUT2D eigenvalue weighted by Gasteiger charge is 2.10. The van der Waals surface area contributed by atoms with E-state index in [1.807, 2.05) is 12.3 Å². The fourth-order valence-corrected chi connectivity index (χ4v) is 3.60. The molecule has 0 fully saturated rings. The number of rotatable bonds is 3. The fraction of sp³-hybridized carbons (Fsp3) is 0.150. The Morgan fingerprint density at radius 1 is 1.00 bits per heavy atom. The highest BCUT2D eigenvalue weighted by Crippen LogP contribution is 2.28. The molecule has 0 N–H and O–H groups in total. The molecule has 0 aliphatic rings. The van der Waals surface area contributed by atoms with Crippen molar-refractivity contribution < 1.29 is 0 Å². The second-order valence-electron chi connectivity index (χ2n) is 5.95. The lowest BCUT2D eigenvalue weighted by molar-refractivity contribution is 0.962. The molecule has 0 saturated carbocycles. The van der Waals surface area contributed by atoms with Crippen LogP contribution in [0.15, 0.2) is 47.5 Å². The van der Waals surface area contributed by atoms with Crippen LogP contribution in [-0.2, 0) is 0 Å². The average Bonchev–Trinajstić information content (AvgIpc) is 2.83. The van der Waals surface area contributed by atoms with E-state index in [1.165, 1.54) is 14.8 Å². The molecule has 2 aromatic carbocycles. The van der Waals surface area contributed by atoms with E-state index in [2.05, 4.69) is 77.2 Å². The molecule has 1 heterocycles. The zero-order chi connectivity index (χ0) is 18.1. The van der Waals surface area contributed by atoms with E-state index in [1.54, 1.807) is 12.1 Å². The molecule has 0 aliphatic heterocycles. The van der Waals surface area contributed by atoms with Crippen LogP contribution in [0, 0.1) is 24.3 Å². The molecule has 0 aliphatic carbocycles. The molecule has 1 aromatic heterocycles. The number of nitrogens with zero attached hydrogens (tertiary/aromatic N) is 2. The second kappa shape index (κ2) is 7.52. The molecule has 0 spiro atoms. The Bertz CT molecular complexity index is 974. The first-order valence-electron chi connectivity index (χ1n) is 7.81. The highest BCUT2D eigenvalue weighted by molar-refractivity contribution is 14.1. The van der Waals surface area contributed by atoms with Gasteiger partial charge in [0, 0.05) is 37.4 Å². The van der Waals surface area contributed by atoms with Gasteiger partial charge in [0.2, 0.25) is 0 Å². The maximum Gasteiger partial charge on any atom is 0.0817 e. The largest absolute Gasteiger partial charge is 0.318 e. The van der Waals surface area contributed by atoms with E-state index in [0.717, 1.165) is 16.9 Å². The Kier molecular flexibility index (Phi) is 5.56. The maximum atomic E-state index is 6.20. The van der Waals surface area contributed by atoms with E-state index in [0.29, 0.717) is 15.7 Å². The Hall–Kier alpha value is -1.30. The van der Waals surface area contributed by atoms with Crippen LogP contribution in [0.4, 0.5) is 5.69 Å². The number of hydrogen-bond donors (Lipinski definition) is 0. The molecule has 2 nitrogen and oxygen atoms in total. The van der Waals surface area contributed by atoms with Gasteiger partial charge in [-0.3, -0.25) is 4.99 Å². The SMILES string of the molecule is Cc1cc(-n2c(C)cc(C=Nc3ccc(Cl)cc3Cl)c2C)ccc1I. The molecule has 128 valence electrons. The molecule has 0 saturated heterocycles. The standard InChI is InChI=1S/C20H17Cl2IN2/c1-12-8-17(5-6-19(12)23)25-13(2)9-15(14(25)3)11-24-20-7-4-16(21)10-18(20)22/h4-11H,1-3H3. The van der Waals surface area contributed by atoms with Crippen LogP contribution >= 0.6 is 45.8 Å². The molecule has 0 radical (unpaired) electrons. The van der Waals surface area contributed by atoms with Gasteiger partial charge in [-0.25, -0.2) is 0 Å². The predicted molar refractivity (Wildman–Crippen MR) is 116 cm³/mol. The third-order valence-electron chi connectivity index (χ3n) is 4.12. The van der Waals surface area contributed by atoms with Gasteiger partial charge in [0.05, 0.1) is 10.7 Å². The zero-order valence-corrected chi connectivity index (χ0v) is 17.8. The molecule has 5 heteroatoms. The summed E-state index contributed by atoms with van der Waals surface area (Å²) >= 11 is 14.5. The van der Waals surface area contributed by atoms with Crippen LogP contribution < -0.4 is 0 Å². The third kappa shape index (κ3) is 3.94. The van der Waals surface area contributed by atoms with E-state index in [4.69, 9.17) is 23.2 Å². The third-order valence-corrected chi connectivity index (χ3v) is 5.87. The number of halogens is 3. The first-order chi connectivity index (χ1) is 11.9. The molecule has 0 atom stereocenters. The first-order valence-corrected chi connectivity index (χ1v) is 9.65. The number of benzene rings is 2. The predicted octanol–water partition coefficient (Wildman–Crippen LogP) is 7.06. The van der Waals surface area contributed by atoms with Gasteiger partial charge in [-0.05, 0) is 91.4 Å². The second-order valence-corrected chi connectivity index (χ2v) is 7.96. The minimum Gasteiger partial charge on any atom is -0.318 e. The lowest BCUT2D eigenvalue weighted by atomic mass is 10.2. The Balaban J connectivity index is 1.99. The number of aliphatic imine (C=N–C) groups is 1. The molecular formula is C20H17Cl2IN2. The minimum atomic E-state index is 0.547. The first kappa shape index (κ1) is 18.5. The van der Waals surface area contributed by atoms with Gasteiger partial charge in [0.25, 0.3) is 0 Å². The van der Waals surface area contributed by atoms with Crippen molar-refractivity contribution in [2.75, 3.05) is 0 Å². The van der Waals surface area contributed by atoms with Crippen molar-refractivity contribution in [3.63, 3.8) is 0 Å². The van der Waals surface area contributed by atoms with Crippen molar-refractivity contribution in [2.24, 2.45) is 4.99 Å². The van der Waals surface area contributed by atoms with Gasteiger partial charge < -0.3 is 4.57 Å². The lowest BCUT2D eigenvalue weighted by Crippen LogP contribution is -2.00. The summed E-state index contributed by atoms with van der Waals surface area (Å²) in [4.78, 5) is 4.53. The summed E-state index contributed by atoms with van der Waals surface area (Å²) in [6.07, 6.45) is 1.85. The summed E-state index contributed by atoms with van der Waals surface area (Å²) in [5.41, 5.74) is 6.53. The molecule has 0 amide bonds. The van der Waals surface area contributed by atoms with Crippen molar-refractivity contribution in [2.45, 2.75) is 20.8 Å². The van der Waals surface area contributed by atoms with Gasteiger partial charge in [-0.15, -0.1) is 0 Å². The molecule has 0 bridgehead atoms. The Morgan fingerprint density at radius 2 is 1.76 bits per heavy atom. The van der Waals surface area contributed by atoms with Gasteiger partial charge in [0.15, 0.2) is 0 Å². The quantitative estimate of drug-likeness (QED) is 0.280. The Morgan fingerprint density at radius 3 is 2.44 bits per heavy atom. The lowest BCUT2D eigenvalue weighted by Gasteiger charge is -2.11. The van der Waals surface area contributed by atoms with Gasteiger partial charge in [0.1, 0.15) is 0 Å². The van der Waals surface area contributed by atoms with Crippen molar-refractivity contribution in [3.8, 4) is 5.69 Å². The minimum absolute atomic E-state index is 0.547. The molecule has 25 heavy (non-hydrogen) atoms. The van der Waals surface area contributed by atoms with E-state index in [-0.39, 0.29) is 0 Å². The number of aromatic nitrogens is 1. The molecule has 0 unspecified atom stereocenters. The van der Waals surface area contributed by atoms with Crippen molar-refractivity contribution in [1.82, 2.24) is 4.57 Å². The summed E-state index contributed by atoms with van der Waals surface area (Å²) in [7, 11) is 0. The maximum absolute atomic E-state index is 6.20. The van der Waals surface area contributed by atoms with E-state index < -0.39 is 0 Å². The van der Waals surface area contributed by atoms with Crippen LogP contribution in [-0.4, -0.2) is 10.8 Å². The Labute approximate surface area is 171 Å². The average molecular weight is 483 g/mol. The number of aryl methyl sites for hydroxylation is 2. The zero-order valence-electron chi connectivity index (χ0n) is 14.1. The van der Waals surface area contributed by atoms with Crippen LogP contribution in [0.5, 0.6) is 0 Å². The summed E-state index contributed by atoms with van der Waals surface area (Å²) in [5.74, 6) is 0. The molecule has 3 aromatic rings. The van der Waals surface area contributed by atoms with Gasteiger partial charge in [-0.2, -0.15) is 0 Å². The van der Waals surface area contributed by atoms with Crippen molar-refractivity contribution in [3.05, 3.63) is 78.6 Å². The smallest absolute Gasteiger partial charge is 0.0817 e. The van der Waals surface area contributed by atoms with Gasteiger partial charge >= 0.3 is 0 Å². The molecule has 3 rings (SSSR count). The molecular weight excluding hydrogens is 466 g/mol. The monoisotopic (exact) mass is 482 g/mol. The summed E-state index contributed by atoms with van der Waals surface area (Å²) in [6.45, 7) is 6.34. The van der Waals surface area contributed by atoms with Crippen LogP contribution in [0.25, 0.3) is 5.69 Å². The summed E-state index contributed by atoms with van der Waals surface area (Å²) < 4.78 is 3.51. The van der Waals surface area contributed by atoms with Crippen LogP contribution in [0.1, 0.15) is 22.5 Å². The normalized spacial score (nSPS) is 11.4. The van der Waals surface area contributed by atoms with Gasteiger partial charge in [-0.1, -0.05) is 23.2 Å².